The quantitative estimate of drug-likeness (QED) is 0.719. The Morgan fingerprint density at radius 3 is 2.48 bits per heavy atom. The Balaban J connectivity index is 1.71. The SMILES string of the molecule is CCCNCCc1ccc(COC2CCCCC2C)cc1. The third kappa shape index (κ3) is 5.80. The second-order valence-electron chi connectivity index (χ2n) is 6.43. The monoisotopic (exact) mass is 289 g/mol. The molecule has 1 aliphatic rings. The molecule has 2 atom stereocenters. The van der Waals surface area contributed by atoms with Crippen molar-refractivity contribution in [3.63, 3.8) is 0 Å². The lowest BCUT2D eigenvalue weighted by Gasteiger charge is -2.28. The topological polar surface area (TPSA) is 21.3 Å². The molecule has 0 aromatic heterocycles. The van der Waals surface area contributed by atoms with Gasteiger partial charge in [0.2, 0.25) is 0 Å². The zero-order chi connectivity index (χ0) is 14.9. The Kier molecular flexibility index (Phi) is 7.25. The molecule has 0 heterocycles. The van der Waals surface area contributed by atoms with E-state index in [1.807, 2.05) is 0 Å². The molecular weight excluding hydrogens is 258 g/mol. The van der Waals surface area contributed by atoms with Gasteiger partial charge >= 0.3 is 0 Å². The molecule has 1 N–H and O–H groups in total. The highest BCUT2D eigenvalue weighted by atomic mass is 16.5. The van der Waals surface area contributed by atoms with Gasteiger partial charge in [-0.1, -0.05) is 51.0 Å². The van der Waals surface area contributed by atoms with E-state index in [-0.39, 0.29) is 0 Å². The van der Waals surface area contributed by atoms with Gasteiger partial charge in [-0.05, 0) is 55.8 Å². The number of hydrogen-bond acceptors (Lipinski definition) is 2. The predicted octanol–water partition coefficient (Wildman–Crippen LogP) is 4.32. The van der Waals surface area contributed by atoms with Crippen molar-refractivity contribution >= 4 is 0 Å². The number of ether oxygens (including phenoxy) is 1. The van der Waals surface area contributed by atoms with E-state index in [9.17, 15) is 0 Å². The van der Waals surface area contributed by atoms with Crippen molar-refractivity contribution in [2.24, 2.45) is 5.92 Å². The maximum atomic E-state index is 6.12. The minimum Gasteiger partial charge on any atom is -0.373 e. The molecule has 2 heteroatoms. The molecule has 2 nitrogen and oxygen atoms in total. The van der Waals surface area contributed by atoms with Crippen molar-refractivity contribution in [3.8, 4) is 0 Å². The van der Waals surface area contributed by atoms with Crippen LogP contribution in [0.25, 0.3) is 0 Å². The van der Waals surface area contributed by atoms with Gasteiger partial charge in [-0.25, -0.2) is 0 Å². The van der Waals surface area contributed by atoms with Crippen molar-refractivity contribution < 1.29 is 4.74 Å². The molecular formula is C19H31NO. The first-order valence-corrected chi connectivity index (χ1v) is 8.69. The van der Waals surface area contributed by atoms with E-state index in [0.29, 0.717) is 6.10 Å². The zero-order valence-electron chi connectivity index (χ0n) is 13.7. The Labute approximate surface area is 130 Å². The summed E-state index contributed by atoms with van der Waals surface area (Å²) in [5.41, 5.74) is 2.71. The first kappa shape index (κ1) is 16.5. The predicted molar refractivity (Wildman–Crippen MR) is 89.5 cm³/mol. The highest BCUT2D eigenvalue weighted by Gasteiger charge is 2.21. The number of rotatable bonds is 8. The summed E-state index contributed by atoms with van der Waals surface area (Å²) < 4.78 is 6.12. The van der Waals surface area contributed by atoms with Crippen LogP contribution in [0.3, 0.4) is 0 Å². The largest absolute Gasteiger partial charge is 0.373 e. The summed E-state index contributed by atoms with van der Waals surface area (Å²) in [5.74, 6) is 0.725. The fraction of sp³-hybridized carbons (Fsp3) is 0.684. The van der Waals surface area contributed by atoms with E-state index in [1.165, 1.54) is 43.2 Å². The van der Waals surface area contributed by atoms with Crippen LogP contribution in [-0.2, 0) is 17.8 Å². The molecule has 2 unspecified atom stereocenters. The molecule has 0 bridgehead atoms. The molecule has 1 aromatic carbocycles. The number of benzene rings is 1. The summed E-state index contributed by atoms with van der Waals surface area (Å²) in [6.07, 6.45) is 8.06. The minimum absolute atomic E-state index is 0.469. The minimum atomic E-state index is 0.469. The lowest BCUT2D eigenvalue weighted by Crippen LogP contribution is -2.25. The molecule has 0 saturated heterocycles. The first-order chi connectivity index (χ1) is 10.3. The maximum Gasteiger partial charge on any atom is 0.0720 e. The molecule has 2 rings (SSSR count). The van der Waals surface area contributed by atoms with Gasteiger partial charge in [-0.15, -0.1) is 0 Å². The third-order valence-electron chi connectivity index (χ3n) is 4.54. The fourth-order valence-electron chi connectivity index (χ4n) is 3.07. The molecule has 1 fully saturated rings. The summed E-state index contributed by atoms with van der Waals surface area (Å²) in [6, 6.07) is 8.94. The third-order valence-corrected chi connectivity index (χ3v) is 4.54. The van der Waals surface area contributed by atoms with Gasteiger partial charge in [0, 0.05) is 0 Å². The van der Waals surface area contributed by atoms with E-state index < -0.39 is 0 Å². The van der Waals surface area contributed by atoms with Gasteiger partial charge in [0.15, 0.2) is 0 Å². The average Bonchev–Trinajstić information content (AvgIpc) is 2.52. The summed E-state index contributed by atoms with van der Waals surface area (Å²) in [5, 5.41) is 3.45. The summed E-state index contributed by atoms with van der Waals surface area (Å²) >= 11 is 0. The van der Waals surface area contributed by atoms with Gasteiger partial charge in [-0.2, -0.15) is 0 Å². The Bertz CT molecular complexity index is 387. The van der Waals surface area contributed by atoms with Crippen molar-refractivity contribution in [2.75, 3.05) is 13.1 Å². The van der Waals surface area contributed by atoms with Crippen LogP contribution in [0.15, 0.2) is 24.3 Å². The molecule has 0 radical (unpaired) electrons. The normalized spacial score (nSPS) is 22.4. The standard InChI is InChI=1S/C19H31NO/c1-3-13-20-14-12-17-8-10-18(11-9-17)15-21-19-7-5-4-6-16(19)2/h8-11,16,19-20H,3-7,12-15H2,1-2H3. The van der Waals surface area contributed by atoms with Crippen molar-refractivity contribution in [3.05, 3.63) is 35.4 Å². The molecule has 118 valence electrons. The smallest absolute Gasteiger partial charge is 0.0720 e. The Hall–Kier alpha value is -0.860. The van der Waals surface area contributed by atoms with E-state index in [0.717, 1.165) is 32.0 Å². The van der Waals surface area contributed by atoms with Crippen molar-refractivity contribution in [1.29, 1.82) is 0 Å². The van der Waals surface area contributed by atoms with Gasteiger partial charge in [0.25, 0.3) is 0 Å². The zero-order valence-corrected chi connectivity index (χ0v) is 13.7. The summed E-state index contributed by atoms with van der Waals surface area (Å²) in [4.78, 5) is 0. The molecule has 0 spiro atoms. The van der Waals surface area contributed by atoms with Crippen LogP contribution in [0.2, 0.25) is 0 Å². The Morgan fingerprint density at radius 1 is 1.05 bits per heavy atom. The second-order valence-corrected chi connectivity index (χ2v) is 6.43. The van der Waals surface area contributed by atoms with Crippen molar-refractivity contribution in [2.45, 2.75) is 65.1 Å². The molecule has 1 aliphatic carbocycles. The lowest BCUT2D eigenvalue weighted by molar-refractivity contribution is -0.0154. The van der Waals surface area contributed by atoms with Crippen LogP contribution in [0.4, 0.5) is 0 Å². The van der Waals surface area contributed by atoms with Gasteiger partial charge in [0.1, 0.15) is 0 Å². The van der Waals surface area contributed by atoms with Crippen molar-refractivity contribution in [1.82, 2.24) is 5.32 Å². The lowest BCUT2D eigenvalue weighted by atomic mass is 9.88. The second kappa shape index (κ2) is 9.22. The van der Waals surface area contributed by atoms with Gasteiger partial charge in [-0.3, -0.25) is 0 Å². The highest BCUT2D eigenvalue weighted by Crippen LogP contribution is 2.27. The van der Waals surface area contributed by atoms with Crippen LogP contribution < -0.4 is 5.32 Å². The van der Waals surface area contributed by atoms with Crippen LogP contribution in [-0.4, -0.2) is 19.2 Å². The molecule has 1 aromatic rings. The van der Waals surface area contributed by atoms with Crippen LogP contribution >= 0.6 is 0 Å². The Morgan fingerprint density at radius 2 is 1.76 bits per heavy atom. The first-order valence-electron chi connectivity index (χ1n) is 8.69. The number of nitrogens with one attached hydrogen (secondary N) is 1. The van der Waals surface area contributed by atoms with Crippen LogP contribution in [0, 0.1) is 5.92 Å². The van der Waals surface area contributed by atoms with E-state index in [1.54, 1.807) is 0 Å². The van der Waals surface area contributed by atoms with Gasteiger partial charge < -0.3 is 10.1 Å². The number of hydrogen-bond donors (Lipinski definition) is 1. The molecule has 0 aliphatic heterocycles. The summed E-state index contributed by atoms with van der Waals surface area (Å²) in [7, 11) is 0. The van der Waals surface area contributed by atoms with Crippen LogP contribution in [0.5, 0.6) is 0 Å². The summed E-state index contributed by atoms with van der Waals surface area (Å²) in [6.45, 7) is 7.49. The molecule has 1 saturated carbocycles. The molecule has 21 heavy (non-hydrogen) atoms. The highest BCUT2D eigenvalue weighted by molar-refractivity contribution is 5.22. The van der Waals surface area contributed by atoms with Crippen LogP contribution in [0.1, 0.15) is 57.1 Å². The van der Waals surface area contributed by atoms with E-state index >= 15 is 0 Å². The molecule has 0 amide bonds. The van der Waals surface area contributed by atoms with E-state index in [2.05, 4.69) is 43.4 Å². The van der Waals surface area contributed by atoms with Gasteiger partial charge in [0.05, 0.1) is 12.7 Å². The average molecular weight is 289 g/mol. The fourth-order valence-corrected chi connectivity index (χ4v) is 3.07. The maximum absolute atomic E-state index is 6.12. The van der Waals surface area contributed by atoms with E-state index in [4.69, 9.17) is 4.74 Å².